The summed E-state index contributed by atoms with van der Waals surface area (Å²) in [6.45, 7) is 0. The molecule has 1 aliphatic rings. The fourth-order valence-corrected chi connectivity index (χ4v) is 1.85. The van der Waals surface area contributed by atoms with Crippen LogP contribution in [-0.2, 0) is 8.89 Å². The summed E-state index contributed by atoms with van der Waals surface area (Å²) in [5.41, 5.74) is 0. The molecule has 0 aromatic heterocycles. The van der Waals surface area contributed by atoms with Gasteiger partial charge in [-0.1, -0.05) is 6.42 Å². The Labute approximate surface area is 61.9 Å². The van der Waals surface area contributed by atoms with Gasteiger partial charge in [-0.2, -0.15) is 0 Å². The third-order valence-corrected chi connectivity index (χ3v) is 2.35. The van der Waals surface area contributed by atoms with E-state index in [1.54, 1.807) is 0 Å². The fourth-order valence-electron chi connectivity index (χ4n) is 1.33. The zero-order valence-corrected chi connectivity index (χ0v) is 6.88. The monoisotopic (exact) mass is 160 g/mol. The molecule has 4 heteroatoms. The first-order chi connectivity index (χ1) is 4.79. The van der Waals surface area contributed by atoms with Crippen LogP contribution in [-0.4, -0.2) is 20.1 Å². The molecule has 0 amide bonds. The Morgan fingerprint density at radius 1 is 1.30 bits per heavy atom. The van der Waals surface area contributed by atoms with Gasteiger partial charge in [0.15, 0.2) is 0 Å². The van der Waals surface area contributed by atoms with Crippen LogP contribution in [0.4, 0.5) is 0 Å². The summed E-state index contributed by atoms with van der Waals surface area (Å²) in [6, 6.07) is 0. The molecule has 0 spiro atoms. The maximum Gasteiger partial charge on any atom is 0.764 e. The molecule has 0 aromatic rings. The van der Waals surface area contributed by atoms with Crippen molar-refractivity contribution in [3.63, 3.8) is 0 Å². The van der Waals surface area contributed by atoms with Crippen molar-refractivity contribution >= 4 is 9.17 Å². The second-order valence-corrected chi connectivity index (χ2v) is 3.41. The third-order valence-electron chi connectivity index (χ3n) is 1.82. The summed E-state index contributed by atoms with van der Waals surface area (Å²) in [6.07, 6.45) is 5.49. The Balaban J connectivity index is 2.19. The van der Waals surface area contributed by atoms with Gasteiger partial charge in [0.2, 0.25) is 0 Å². The van der Waals surface area contributed by atoms with Gasteiger partial charge in [-0.3, -0.25) is 4.46 Å². The van der Waals surface area contributed by atoms with Crippen LogP contribution in [0, 0.1) is 0 Å². The van der Waals surface area contributed by atoms with E-state index >= 15 is 0 Å². The minimum atomic E-state index is -2.68. The van der Waals surface area contributed by atoms with E-state index in [1.807, 2.05) is 0 Å². The van der Waals surface area contributed by atoms with Crippen molar-refractivity contribution in [2.75, 3.05) is 0 Å². The SMILES string of the molecule is O=[Si](O)OC1CCCCC1. The Hall–Kier alpha value is -0.383. The van der Waals surface area contributed by atoms with Gasteiger partial charge >= 0.3 is 9.17 Å². The first-order valence-electron chi connectivity index (χ1n) is 3.68. The molecule has 1 aliphatic carbocycles. The Morgan fingerprint density at radius 2 is 1.90 bits per heavy atom. The molecule has 1 rings (SSSR count). The lowest BCUT2D eigenvalue weighted by atomic mass is 9.98. The molecule has 0 aromatic carbocycles. The molecule has 1 fully saturated rings. The number of hydrogen-bond acceptors (Lipinski definition) is 2. The maximum atomic E-state index is 10.2. The Bertz CT molecular complexity index is 120. The second kappa shape index (κ2) is 3.70. The van der Waals surface area contributed by atoms with Crippen molar-refractivity contribution in [3.05, 3.63) is 0 Å². The van der Waals surface area contributed by atoms with E-state index in [9.17, 15) is 4.46 Å². The molecule has 0 aliphatic heterocycles. The van der Waals surface area contributed by atoms with Gasteiger partial charge in [0, 0.05) is 0 Å². The summed E-state index contributed by atoms with van der Waals surface area (Å²) in [5.74, 6) is 0. The van der Waals surface area contributed by atoms with Crippen molar-refractivity contribution in [1.82, 2.24) is 0 Å². The van der Waals surface area contributed by atoms with E-state index in [-0.39, 0.29) is 6.10 Å². The number of hydrogen-bond donors (Lipinski definition) is 1. The van der Waals surface area contributed by atoms with Gasteiger partial charge < -0.3 is 9.22 Å². The average Bonchev–Trinajstić information content (AvgIpc) is 1.88. The molecule has 0 radical (unpaired) electrons. The molecule has 0 atom stereocenters. The minimum Gasteiger partial charge on any atom is -0.511 e. The zero-order chi connectivity index (χ0) is 7.40. The van der Waals surface area contributed by atoms with Crippen molar-refractivity contribution < 1.29 is 13.7 Å². The van der Waals surface area contributed by atoms with Crippen LogP contribution in [0.5, 0.6) is 0 Å². The van der Waals surface area contributed by atoms with E-state index < -0.39 is 9.17 Å². The van der Waals surface area contributed by atoms with Gasteiger partial charge in [-0.25, -0.2) is 0 Å². The normalized spacial score (nSPS) is 20.4. The summed E-state index contributed by atoms with van der Waals surface area (Å²) >= 11 is 0. The minimum absolute atomic E-state index is 0.0603. The molecule has 58 valence electrons. The van der Waals surface area contributed by atoms with Crippen LogP contribution in [0.15, 0.2) is 0 Å². The van der Waals surface area contributed by atoms with E-state index in [2.05, 4.69) is 0 Å². The second-order valence-electron chi connectivity index (χ2n) is 2.64. The highest BCUT2D eigenvalue weighted by Gasteiger charge is 2.18. The van der Waals surface area contributed by atoms with Crippen molar-refractivity contribution in [3.8, 4) is 0 Å². The molecule has 0 saturated heterocycles. The maximum absolute atomic E-state index is 10.2. The number of rotatable bonds is 2. The van der Waals surface area contributed by atoms with Crippen LogP contribution < -0.4 is 0 Å². The molecule has 10 heavy (non-hydrogen) atoms. The molecule has 3 nitrogen and oxygen atoms in total. The van der Waals surface area contributed by atoms with Crippen molar-refractivity contribution in [2.24, 2.45) is 0 Å². The predicted molar refractivity (Wildman–Crippen MR) is 36.6 cm³/mol. The van der Waals surface area contributed by atoms with E-state index in [1.165, 1.54) is 6.42 Å². The topological polar surface area (TPSA) is 46.5 Å². The zero-order valence-electron chi connectivity index (χ0n) is 5.88. The lowest BCUT2D eigenvalue weighted by Gasteiger charge is -2.20. The summed E-state index contributed by atoms with van der Waals surface area (Å²) in [4.78, 5) is 8.43. The van der Waals surface area contributed by atoms with Crippen LogP contribution in [0.3, 0.4) is 0 Å². The van der Waals surface area contributed by atoms with Gasteiger partial charge in [-0.15, -0.1) is 0 Å². The highest BCUT2D eigenvalue weighted by atomic mass is 28.3. The molecule has 0 bridgehead atoms. The Kier molecular flexibility index (Phi) is 2.86. The van der Waals surface area contributed by atoms with Gasteiger partial charge in [0.05, 0.1) is 6.10 Å². The van der Waals surface area contributed by atoms with Crippen LogP contribution in [0.1, 0.15) is 32.1 Å². The average molecular weight is 160 g/mol. The summed E-state index contributed by atoms with van der Waals surface area (Å²) in [7, 11) is -2.68. The third kappa shape index (κ3) is 2.47. The largest absolute Gasteiger partial charge is 0.764 e. The van der Waals surface area contributed by atoms with Crippen molar-refractivity contribution in [1.29, 1.82) is 0 Å². The van der Waals surface area contributed by atoms with E-state index in [0.29, 0.717) is 0 Å². The molecule has 0 unspecified atom stereocenters. The standard InChI is InChI=1S/C6H12O3Si/c7-10(8)9-6-4-2-1-3-5-6/h6-7H,1-5H2. The van der Waals surface area contributed by atoms with Crippen LogP contribution in [0.2, 0.25) is 0 Å². The first kappa shape index (κ1) is 7.72. The van der Waals surface area contributed by atoms with Gasteiger partial charge in [0.25, 0.3) is 0 Å². The van der Waals surface area contributed by atoms with E-state index in [4.69, 9.17) is 9.22 Å². The highest BCUT2D eigenvalue weighted by Crippen LogP contribution is 2.19. The lowest BCUT2D eigenvalue weighted by molar-refractivity contribution is 0.113. The molecular formula is C6H12O3Si. The quantitative estimate of drug-likeness (QED) is 0.606. The highest BCUT2D eigenvalue weighted by molar-refractivity contribution is 6.24. The fraction of sp³-hybridized carbons (Fsp3) is 1.00. The smallest absolute Gasteiger partial charge is 0.511 e. The lowest BCUT2D eigenvalue weighted by Crippen LogP contribution is -2.21. The summed E-state index contributed by atoms with van der Waals surface area (Å²) < 4.78 is 15.0. The molecule has 1 N–H and O–H groups in total. The molecule has 1 saturated carbocycles. The predicted octanol–water partition coefficient (Wildman–Crippen LogP) is 0.743. The molecular weight excluding hydrogens is 148 g/mol. The van der Waals surface area contributed by atoms with Crippen LogP contribution in [0.25, 0.3) is 0 Å². The summed E-state index contributed by atoms with van der Waals surface area (Å²) in [5, 5.41) is 0. The van der Waals surface area contributed by atoms with Crippen LogP contribution >= 0.6 is 0 Å². The van der Waals surface area contributed by atoms with Gasteiger partial charge in [-0.05, 0) is 25.7 Å². The van der Waals surface area contributed by atoms with E-state index in [0.717, 1.165) is 25.7 Å². The van der Waals surface area contributed by atoms with Crippen molar-refractivity contribution in [2.45, 2.75) is 38.2 Å². The van der Waals surface area contributed by atoms with Gasteiger partial charge in [0.1, 0.15) is 0 Å². The molecule has 0 heterocycles. The first-order valence-corrected chi connectivity index (χ1v) is 4.95. The Morgan fingerprint density at radius 3 is 2.40 bits per heavy atom.